The molecule has 0 spiro atoms. The van der Waals surface area contributed by atoms with Crippen LogP contribution in [0.15, 0.2) is 34.8 Å². The zero-order valence-electron chi connectivity index (χ0n) is 11.5. The van der Waals surface area contributed by atoms with Crippen LogP contribution in [0.5, 0.6) is 11.5 Å². The lowest BCUT2D eigenvalue weighted by Crippen LogP contribution is -2.04. The van der Waals surface area contributed by atoms with Crippen molar-refractivity contribution in [1.82, 2.24) is 0 Å². The Morgan fingerprint density at radius 1 is 1.30 bits per heavy atom. The van der Waals surface area contributed by atoms with Gasteiger partial charge in [-0.25, -0.2) is 4.79 Å². The lowest BCUT2D eigenvalue weighted by atomic mass is 10.2. The van der Waals surface area contributed by atoms with Crippen LogP contribution in [-0.4, -0.2) is 13.1 Å². The predicted molar refractivity (Wildman–Crippen MR) is 76.0 cm³/mol. The van der Waals surface area contributed by atoms with Gasteiger partial charge in [0.15, 0.2) is 10.6 Å². The molecular formula is C13H8F3N3O3S. The smallest absolute Gasteiger partial charge is 0.416 e. The quantitative estimate of drug-likeness (QED) is 0.327. The van der Waals surface area contributed by atoms with Crippen molar-refractivity contribution in [2.45, 2.75) is 6.18 Å². The van der Waals surface area contributed by atoms with Crippen LogP contribution < -0.4 is 4.74 Å². The highest BCUT2D eigenvalue weighted by molar-refractivity contribution is 7.12. The molecule has 0 N–H and O–H groups in total. The molecule has 0 radical (unpaired) electrons. The number of esters is 1. The molecule has 6 nitrogen and oxygen atoms in total. The molecule has 23 heavy (non-hydrogen) atoms. The molecule has 120 valence electrons. The van der Waals surface area contributed by atoms with Crippen molar-refractivity contribution >= 4 is 23.0 Å². The molecule has 1 aromatic heterocycles. The summed E-state index contributed by atoms with van der Waals surface area (Å²) in [5, 5.41) is 4.75. The van der Waals surface area contributed by atoms with Crippen LogP contribution in [0.1, 0.15) is 15.2 Å². The molecule has 1 heterocycles. The van der Waals surface area contributed by atoms with Crippen LogP contribution >= 0.6 is 11.3 Å². The Morgan fingerprint density at radius 3 is 2.65 bits per heavy atom. The number of methoxy groups -OCH3 is 1. The Kier molecular flexibility index (Phi) is 4.77. The third-order valence-corrected chi connectivity index (χ3v) is 3.53. The molecule has 0 aliphatic heterocycles. The van der Waals surface area contributed by atoms with Gasteiger partial charge >= 0.3 is 12.1 Å². The second-order valence-corrected chi connectivity index (χ2v) is 4.99. The Balaban J connectivity index is 2.42. The Morgan fingerprint density at radius 2 is 2.04 bits per heavy atom. The maximum Gasteiger partial charge on any atom is 0.416 e. The molecule has 0 bridgehead atoms. The number of hydrogen-bond donors (Lipinski definition) is 0. The Labute approximate surface area is 131 Å². The average molecular weight is 343 g/mol. The summed E-state index contributed by atoms with van der Waals surface area (Å²) in [5.74, 6) is -0.664. The molecule has 0 atom stereocenters. The fourth-order valence-corrected chi connectivity index (χ4v) is 2.38. The summed E-state index contributed by atoms with van der Waals surface area (Å²) in [6.07, 6.45) is -4.59. The van der Waals surface area contributed by atoms with Gasteiger partial charge in [0, 0.05) is 4.91 Å². The van der Waals surface area contributed by atoms with E-state index in [1.165, 1.54) is 13.2 Å². The van der Waals surface area contributed by atoms with Crippen molar-refractivity contribution in [2.24, 2.45) is 5.11 Å². The maximum atomic E-state index is 12.7. The van der Waals surface area contributed by atoms with Crippen LogP contribution in [-0.2, 0) is 10.9 Å². The third kappa shape index (κ3) is 3.74. The standard InChI is InChI=1S/C13H8F3N3O3S/c1-21-12(20)11-10(4-5-23-11)22-9-3-2-7(13(14,15)16)6-8(9)18-19-17/h2-6H,1H3. The summed E-state index contributed by atoms with van der Waals surface area (Å²) in [6.45, 7) is 0. The number of hydrogen-bond acceptors (Lipinski definition) is 5. The number of benzene rings is 1. The highest BCUT2D eigenvalue weighted by atomic mass is 32.1. The summed E-state index contributed by atoms with van der Waals surface area (Å²) in [5.41, 5.74) is 7.17. The van der Waals surface area contributed by atoms with Crippen LogP contribution in [0.25, 0.3) is 10.4 Å². The van der Waals surface area contributed by atoms with Gasteiger partial charge in [-0.2, -0.15) is 13.2 Å². The van der Waals surface area contributed by atoms with E-state index >= 15 is 0 Å². The fraction of sp³-hybridized carbons (Fsp3) is 0.154. The summed E-state index contributed by atoms with van der Waals surface area (Å²) in [6, 6.07) is 3.93. The van der Waals surface area contributed by atoms with Crippen LogP contribution in [0.3, 0.4) is 0 Å². The summed E-state index contributed by atoms with van der Waals surface area (Å²) in [7, 11) is 1.19. The number of carbonyl (C=O) groups excluding carboxylic acids is 1. The first-order chi connectivity index (χ1) is 10.9. The van der Waals surface area contributed by atoms with E-state index in [9.17, 15) is 18.0 Å². The number of alkyl halides is 3. The minimum atomic E-state index is -4.59. The van der Waals surface area contributed by atoms with Gasteiger partial charge in [-0.05, 0) is 35.2 Å². The van der Waals surface area contributed by atoms with Gasteiger partial charge in [0.25, 0.3) is 0 Å². The Bertz CT molecular complexity index is 782. The minimum Gasteiger partial charge on any atom is -0.465 e. The number of thiophene rings is 1. The molecule has 0 aliphatic carbocycles. The van der Waals surface area contributed by atoms with E-state index in [0.717, 1.165) is 23.5 Å². The highest BCUT2D eigenvalue weighted by Crippen LogP contribution is 2.39. The number of azide groups is 1. The zero-order chi connectivity index (χ0) is 17.0. The van der Waals surface area contributed by atoms with E-state index in [2.05, 4.69) is 14.8 Å². The largest absolute Gasteiger partial charge is 0.465 e. The normalized spacial score (nSPS) is 10.8. The first kappa shape index (κ1) is 16.7. The van der Waals surface area contributed by atoms with E-state index in [0.29, 0.717) is 6.07 Å². The summed E-state index contributed by atoms with van der Waals surface area (Å²) in [4.78, 5) is 14.2. The lowest BCUT2D eigenvalue weighted by molar-refractivity contribution is -0.137. The van der Waals surface area contributed by atoms with Crippen molar-refractivity contribution in [3.63, 3.8) is 0 Å². The first-order valence-corrected chi connectivity index (χ1v) is 6.84. The number of halogens is 3. The second-order valence-electron chi connectivity index (χ2n) is 4.08. The van der Waals surface area contributed by atoms with E-state index in [4.69, 9.17) is 10.3 Å². The van der Waals surface area contributed by atoms with E-state index in [1.54, 1.807) is 5.38 Å². The minimum absolute atomic E-state index is 0.0935. The van der Waals surface area contributed by atoms with Gasteiger partial charge in [0.05, 0.1) is 18.4 Å². The van der Waals surface area contributed by atoms with Gasteiger partial charge in [-0.1, -0.05) is 5.11 Å². The molecule has 0 aliphatic rings. The topological polar surface area (TPSA) is 84.3 Å². The SMILES string of the molecule is COC(=O)c1sccc1Oc1ccc(C(F)(F)F)cc1N=[N+]=[N-]. The highest BCUT2D eigenvalue weighted by Gasteiger charge is 2.31. The van der Waals surface area contributed by atoms with Gasteiger partial charge in [-0.3, -0.25) is 0 Å². The third-order valence-electron chi connectivity index (χ3n) is 2.66. The van der Waals surface area contributed by atoms with Gasteiger partial charge in [0.1, 0.15) is 5.75 Å². The molecule has 1 aromatic carbocycles. The summed E-state index contributed by atoms with van der Waals surface area (Å²) < 4.78 is 48.1. The molecule has 0 saturated heterocycles. The van der Waals surface area contributed by atoms with Gasteiger partial charge < -0.3 is 9.47 Å². The number of ether oxygens (including phenoxy) is 2. The van der Waals surface area contributed by atoms with Crippen molar-refractivity contribution < 1.29 is 27.4 Å². The van der Waals surface area contributed by atoms with Crippen molar-refractivity contribution in [3.05, 3.63) is 50.5 Å². The number of carbonyl (C=O) groups is 1. The molecule has 10 heteroatoms. The van der Waals surface area contributed by atoms with Crippen LogP contribution in [0.4, 0.5) is 18.9 Å². The number of rotatable bonds is 4. The van der Waals surface area contributed by atoms with Crippen LogP contribution in [0.2, 0.25) is 0 Å². The monoisotopic (exact) mass is 343 g/mol. The molecular weight excluding hydrogens is 335 g/mol. The van der Waals surface area contributed by atoms with E-state index < -0.39 is 17.7 Å². The van der Waals surface area contributed by atoms with Crippen molar-refractivity contribution in [1.29, 1.82) is 0 Å². The molecule has 0 unspecified atom stereocenters. The molecule has 0 amide bonds. The predicted octanol–water partition coefficient (Wildman–Crippen LogP) is 5.29. The van der Waals surface area contributed by atoms with E-state index in [-0.39, 0.29) is 22.1 Å². The zero-order valence-corrected chi connectivity index (χ0v) is 12.3. The van der Waals surface area contributed by atoms with Crippen LogP contribution in [0, 0.1) is 0 Å². The van der Waals surface area contributed by atoms with E-state index in [1.807, 2.05) is 0 Å². The maximum absolute atomic E-state index is 12.7. The van der Waals surface area contributed by atoms with Gasteiger partial charge in [0.2, 0.25) is 0 Å². The fourth-order valence-electron chi connectivity index (χ4n) is 1.64. The molecule has 0 saturated carbocycles. The molecule has 2 aromatic rings. The summed E-state index contributed by atoms with van der Waals surface area (Å²) >= 11 is 1.05. The second kappa shape index (κ2) is 6.59. The number of nitrogens with zero attached hydrogens (tertiary/aromatic N) is 3. The Hall–Kier alpha value is -2.71. The van der Waals surface area contributed by atoms with Crippen molar-refractivity contribution in [2.75, 3.05) is 7.11 Å². The van der Waals surface area contributed by atoms with Crippen molar-refractivity contribution in [3.8, 4) is 11.5 Å². The first-order valence-electron chi connectivity index (χ1n) is 5.97. The molecule has 2 rings (SSSR count). The lowest BCUT2D eigenvalue weighted by Gasteiger charge is -2.11. The molecule has 0 fully saturated rings. The van der Waals surface area contributed by atoms with Gasteiger partial charge in [-0.15, -0.1) is 11.3 Å². The average Bonchev–Trinajstić information content (AvgIpc) is 2.95.